The zero-order chi connectivity index (χ0) is 15.9. The summed E-state index contributed by atoms with van der Waals surface area (Å²) >= 11 is 0. The smallest absolute Gasteiger partial charge is 0.0697 e. The Labute approximate surface area is 143 Å². The molecule has 0 N–H and O–H groups in total. The standard InChI is InChI=1S/C21H10N4/c1-2-10-17-9(1)22-11-3-4-13-18(11)21(17)19-12(23-10)5-6-14(19)25-16-8-7-15(24-13)20(16)21/h1-8,17,20H. The van der Waals surface area contributed by atoms with Crippen molar-refractivity contribution in [1.82, 2.24) is 0 Å². The van der Waals surface area contributed by atoms with Gasteiger partial charge in [0.05, 0.1) is 62.9 Å². The number of allylic oxidation sites excluding steroid dienone is 10. The fourth-order valence-electron chi connectivity index (χ4n) is 5.93. The average molecular weight is 318 g/mol. The SMILES string of the molecule is C1=CC2=C3C1=NC1=CC=C4N=C5C=CC6=C5C3(C14)C1C(=N2)C=CC1=N6. The van der Waals surface area contributed by atoms with Crippen molar-refractivity contribution in [3.05, 3.63) is 82.5 Å². The number of nitrogens with zero attached hydrogens (tertiary/aromatic N) is 4. The molecular formula is C21H10N4. The summed E-state index contributed by atoms with van der Waals surface area (Å²) in [6, 6.07) is 0. The molecule has 0 bridgehead atoms. The van der Waals surface area contributed by atoms with Crippen LogP contribution in [0, 0.1) is 17.3 Å². The van der Waals surface area contributed by atoms with Gasteiger partial charge in [0.25, 0.3) is 0 Å². The quantitative estimate of drug-likeness (QED) is 0.659. The van der Waals surface area contributed by atoms with E-state index in [2.05, 4.69) is 48.6 Å². The molecule has 0 aromatic carbocycles. The van der Waals surface area contributed by atoms with Crippen LogP contribution in [0.25, 0.3) is 0 Å². The third-order valence-corrected chi connectivity index (χ3v) is 6.59. The van der Waals surface area contributed by atoms with E-state index in [1.807, 2.05) is 0 Å². The molecule has 8 rings (SSSR count). The third-order valence-electron chi connectivity index (χ3n) is 6.59. The van der Waals surface area contributed by atoms with Crippen LogP contribution in [0.15, 0.2) is 103 Å². The molecule has 0 unspecified atom stereocenters. The molecule has 8 aliphatic rings. The highest BCUT2D eigenvalue weighted by molar-refractivity contribution is 6.32. The van der Waals surface area contributed by atoms with Crippen LogP contribution >= 0.6 is 0 Å². The molecule has 114 valence electrons. The highest BCUT2D eigenvalue weighted by Gasteiger charge is 2.66. The minimum Gasteiger partial charge on any atom is -0.252 e. The van der Waals surface area contributed by atoms with Crippen molar-refractivity contribution in [2.24, 2.45) is 37.2 Å². The fourth-order valence-corrected chi connectivity index (χ4v) is 5.93. The first-order valence-corrected chi connectivity index (χ1v) is 8.66. The summed E-state index contributed by atoms with van der Waals surface area (Å²) in [7, 11) is 0. The van der Waals surface area contributed by atoms with Crippen molar-refractivity contribution in [2.45, 2.75) is 0 Å². The van der Waals surface area contributed by atoms with Gasteiger partial charge in [-0.1, -0.05) is 0 Å². The van der Waals surface area contributed by atoms with Crippen LogP contribution < -0.4 is 0 Å². The summed E-state index contributed by atoms with van der Waals surface area (Å²) in [5.41, 5.74) is 11.2. The van der Waals surface area contributed by atoms with Gasteiger partial charge in [-0.3, -0.25) is 20.0 Å². The summed E-state index contributed by atoms with van der Waals surface area (Å²) < 4.78 is 0. The van der Waals surface area contributed by atoms with E-state index in [9.17, 15) is 0 Å². The van der Waals surface area contributed by atoms with Gasteiger partial charge in [0.2, 0.25) is 0 Å². The third kappa shape index (κ3) is 0.940. The second-order valence-corrected chi connectivity index (χ2v) is 7.51. The lowest BCUT2D eigenvalue weighted by molar-refractivity contribution is 0.309. The minimum atomic E-state index is -0.183. The maximum atomic E-state index is 4.97. The molecule has 4 nitrogen and oxygen atoms in total. The van der Waals surface area contributed by atoms with Gasteiger partial charge in [-0.2, -0.15) is 0 Å². The molecule has 0 amide bonds. The first kappa shape index (κ1) is 11.4. The van der Waals surface area contributed by atoms with Crippen molar-refractivity contribution < 1.29 is 0 Å². The molecule has 0 atom stereocenters. The molecule has 0 radical (unpaired) electrons. The predicted molar refractivity (Wildman–Crippen MR) is 96.8 cm³/mol. The van der Waals surface area contributed by atoms with Crippen molar-refractivity contribution in [3.8, 4) is 0 Å². The summed E-state index contributed by atoms with van der Waals surface area (Å²) in [4.78, 5) is 19.9. The molecule has 0 saturated carbocycles. The van der Waals surface area contributed by atoms with Crippen LogP contribution in [-0.2, 0) is 0 Å². The van der Waals surface area contributed by atoms with Gasteiger partial charge in [0, 0.05) is 11.1 Å². The Kier molecular flexibility index (Phi) is 1.45. The van der Waals surface area contributed by atoms with Gasteiger partial charge in [-0.25, -0.2) is 0 Å². The summed E-state index contributed by atoms with van der Waals surface area (Å²) in [6.07, 6.45) is 17.1. The number of aliphatic imine (C=N–C) groups is 4. The van der Waals surface area contributed by atoms with Crippen molar-refractivity contribution in [1.29, 1.82) is 0 Å². The predicted octanol–water partition coefficient (Wildman–Crippen LogP) is 3.02. The van der Waals surface area contributed by atoms with Crippen LogP contribution in [0.5, 0.6) is 0 Å². The molecule has 4 aliphatic heterocycles. The lowest BCUT2D eigenvalue weighted by Gasteiger charge is -2.53. The molecule has 4 heterocycles. The van der Waals surface area contributed by atoms with E-state index in [1.54, 1.807) is 0 Å². The Balaban J connectivity index is 1.65. The van der Waals surface area contributed by atoms with Crippen LogP contribution in [-0.4, -0.2) is 22.8 Å². The topological polar surface area (TPSA) is 49.4 Å². The van der Waals surface area contributed by atoms with Crippen molar-refractivity contribution >= 4 is 22.8 Å². The van der Waals surface area contributed by atoms with E-state index in [0.717, 1.165) is 45.6 Å². The molecule has 0 saturated heterocycles. The van der Waals surface area contributed by atoms with E-state index in [-0.39, 0.29) is 17.3 Å². The van der Waals surface area contributed by atoms with Gasteiger partial charge >= 0.3 is 0 Å². The van der Waals surface area contributed by atoms with E-state index in [0.29, 0.717) is 0 Å². The summed E-state index contributed by atoms with van der Waals surface area (Å²) in [5, 5.41) is 0. The van der Waals surface area contributed by atoms with Gasteiger partial charge in [0.1, 0.15) is 0 Å². The second-order valence-electron chi connectivity index (χ2n) is 7.51. The zero-order valence-corrected chi connectivity index (χ0v) is 13.1. The van der Waals surface area contributed by atoms with Crippen LogP contribution in [0.3, 0.4) is 0 Å². The van der Waals surface area contributed by atoms with E-state index in [1.165, 1.54) is 11.1 Å². The number of hydrogen-bond acceptors (Lipinski definition) is 4. The normalized spacial score (nSPS) is 38.4. The Morgan fingerprint density at radius 2 is 1.16 bits per heavy atom. The molecule has 25 heavy (non-hydrogen) atoms. The fraction of sp³-hybridized carbons (Fsp3) is 0.143. The lowest BCUT2D eigenvalue weighted by Crippen LogP contribution is -2.55. The molecular weight excluding hydrogens is 308 g/mol. The monoisotopic (exact) mass is 318 g/mol. The molecule has 4 aliphatic carbocycles. The molecule has 0 fully saturated rings. The number of hydrogen-bond donors (Lipinski definition) is 0. The van der Waals surface area contributed by atoms with Gasteiger partial charge < -0.3 is 0 Å². The van der Waals surface area contributed by atoms with Crippen LogP contribution in [0.2, 0.25) is 0 Å². The zero-order valence-electron chi connectivity index (χ0n) is 13.1. The molecule has 0 aromatic heterocycles. The molecule has 1 spiro atoms. The van der Waals surface area contributed by atoms with E-state index in [4.69, 9.17) is 20.0 Å². The van der Waals surface area contributed by atoms with Crippen molar-refractivity contribution in [2.75, 3.05) is 0 Å². The van der Waals surface area contributed by atoms with Crippen LogP contribution in [0.4, 0.5) is 0 Å². The van der Waals surface area contributed by atoms with Gasteiger partial charge in [-0.15, -0.1) is 0 Å². The first-order valence-electron chi connectivity index (χ1n) is 8.66. The largest absolute Gasteiger partial charge is 0.252 e. The summed E-state index contributed by atoms with van der Waals surface area (Å²) in [5.74, 6) is 0.353. The average Bonchev–Trinajstić information content (AvgIpc) is 3.38. The Bertz CT molecular complexity index is 1140. The highest BCUT2D eigenvalue weighted by Crippen LogP contribution is 2.67. The Hall–Kier alpha value is -3.14. The maximum absolute atomic E-state index is 4.97. The van der Waals surface area contributed by atoms with Gasteiger partial charge in [0.15, 0.2) is 0 Å². The number of rotatable bonds is 0. The van der Waals surface area contributed by atoms with Gasteiger partial charge in [-0.05, 0) is 48.6 Å². The van der Waals surface area contributed by atoms with E-state index < -0.39 is 0 Å². The first-order chi connectivity index (χ1) is 12.4. The van der Waals surface area contributed by atoms with Crippen molar-refractivity contribution in [3.63, 3.8) is 0 Å². The molecule has 0 aromatic rings. The summed E-state index contributed by atoms with van der Waals surface area (Å²) in [6.45, 7) is 0. The second kappa shape index (κ2) is 3.18. The highest BCUT2D eigenvalue weighted by atomic mass is 15.0. The maximum Gasteiger partial charge on any atom is 0.0697 e. The lowest BCUT2D eigenvalue weighted by atomic mass is 9.50. The molecule has 4 heteroatoms. The van der Waals surface area contributed by atoms with E-state index >= 15 is 0 Å². The minimum absolute atomic E-state index is 0.177. The Morgan fingerprint density at radius 3 is 1.72 bits per heavy atom. The Morgan fingerprint density at radius 1 is 0.600 bits per heavy atom. The van der Waals surface area contributed by atoms with Crippen LogP contribution in [0.1, 0.15) is 0 Å².